The maximum atomic E-state index is 6.25. The molecule has 21 heavy (non-hydrogen) atoms. The van der Waals surface area contributed by atoms with Gasteiger partial charge in [-0.25, -0.2) is 0 Å². The van der Waals surface area contributed by atoms with Gasteiger partial charge in [0, 0.05) is 36.4 Å². The number of methoxy groups -OCH3 is 1. The van der Waals surface area contributed by atoms with Crippen LogP contribution in [0.5, 0.6) is 11.5 Å². The van der Waals surface area contributed by atoms with E-state index in [-0.39, 0.29) is 0 Å². The highest BCUT2D eigenvalue weighted by atomic mass is 79.9. The number of rotatable bonds is 7. The maximum absolute atomic E-state index is 6.25. The van der Waals surface area contributed by atoms with Crippen LogP contribution < -0.4 is 10.1 Å². The van der Waals surface area contributed by atoms with Gasteiger partial charge in [0.05, 0.1) is 17.8 Å². The molecule has 0 aliphatic heterocycles. The highest BCUT2D eigenvalue weighted by molar-refractivity contribution is 9.10. The molecule has 0 saturated carbocycles. The molecule has 0 aliphatic carbocycles. The largest absolute Gasteiger partial charge is 0.454 e. The Morgan fingerprint density at radius 1 is 1.33 bits per heavy atom. The topological polar surface area (TPSA) is 43.4 Å². The summed E-state index contributed by atoms with van der Waals surface area (Å²) in [6.07, 6.45) is 3.35. The number of pyridine rings is 1. The average Bonchev–Trinajstić information content (AvgIpc) is 2.47. The van der Waals surface area contributed by atoms with Gasteiger partial charge in [0.15, 0.2) is 5.75 Å². The van der Waals surface area contributed by atoms with Crippen molar-refractivity contribution in [2.24, 2.45) is 0 Å². The van der Waals surface area contributed by atoms with Crippen molar-refractivity contribution in [3.8, 4) is 11.5 Å². The molecule has 0 amide bonds. The van der Waals surface area contributed by atoms with Crippen LogP contribution >= 0.6 is 27.5 Å². The van der Waals surface area contributed by atoms with E-state index >= 15 is 0 Å². The van der Waals surface area contributed by atoms with Crippen molar-refractivity contribution < 1.29 is 9.47 Å². The molecule has 6 heteroatoms. The van der Waals surface area contributed by atoms with E-state index in [1.165, 1.54) is 0 Å². The Morgan fingerprint density at radius 3 is 2.95 bits per heavy atom. The van der Waals surface area contributed by atoms with Gasteiger partial charge < -0.3 is 14.8 Å². The van der Waals surface area contributed by atoms with Gasteiger partial charge in [0.2, 0.25) is 0 Å². The van der Waals surface area contributed by atoms with E-state index < -0.39 is 0 Å². The van der Waals surface area contributed by atoms with Gasteiger partial charge in [-0.3, -0.25) is 4.98 Å². The highest BCUT2D eigenvalue weighted by Gasteiger charge is 2.10. The van der Waals surface area contributed by atoms with Crippen molar-refractivity contribution in [1.82, 2.24) is 10.3 Å². The molecule has 0 bridgehead atoms. The van der Waals surface area contributed by atoms with Crippen LogP contribution in [0.3, 0.4) is 0 Å². The minimum Gasteiger partial charge on any atom is -0.454 e. The normalized spacial score (nSPS) is 10.6. The second kappa shape index (κ2) is 8.34. The summed E-state index contributed by atoms with van der Waals surface area (Å²) in [7, 11) is 1.68. The Balaban J connectivity index is 2.13. The zero-order valence-electron chi connectivity index (χ0n) is 11.6. The van der Waals surface area contributed by atoms with Gasteiger partial charge in [0.25, 0.3) is 0 Å². The summed E-state index contributed by atoms with van der Waals surface area (Å²) in [5, 5.41) is 3.85. The smallest absolute Gasteiger partial charge is 0.150 e. The quantitative estimate of drug-likeness (QED) is 0.746. The molecule has 2 aromatic rings. The summed E-state index contributed by atoms with van der Waals surface area (Å²) in [6, 6.07) is 7.54. The summed E-state index contributed by atoms with van der Waals surface area (Å²) in [6.45, 7) is 2.08. The molecule has 0 aliphatic rings. The summed E-state index contributed by atoms with van der Waals surface area (Å²) >= 11 is 9.62. The fraction of sp³-hybridized carbons (Fsp3) is 0.267. The second-order valence-corrected chi connectivity index (χ2v) is 5.66. The molecular weight excluding hydrogens is 356 g/mol. The SMILES string of the molecule is COCCNCc1cccc(Cl)c1Oc1cncc(Br)c1. The molecule has 1 aromatic heterocycles. The molecule has 0 radical (unpaired) electrons. The van der Waals surface area contributed by atoms with Crippen molar-refractivity contribution >= 4 is 27.5 Å². The lowest BCUT2D eigenvalue weighted by Gasteiger charge is -2.13. The number of hydrogen-bond acceptors (Lipinski definition) is 4. The molecule has 1 heterocycles. The van der Waals surface area contributed by atoms with Gasteiger partial charge in [0.1, 0.15) is 5.75 Å². The summed E-state index contributed by atoms with van der Waals surface area (Å²) in [4.78, 5) is 4.08. The predicted octanol–water partition coefficient (Wildman–Crippen LogP) is 4.03. The van der Waals surface area contributed by atoms with Gasteiger partial charge >= 0.3 is 0 Å². The summed E-state index contributed by atoms with van der Waals surface area (Å²) < 4.78 is 11.7. The van der Waals surface area contributed by atoms with E-state index in [9.17, 15) is 0 Å². The first kappa shape index (κ1) is 16.2. The molecule has 4 nitrogen and oxygen atoms in total. The zero-order valence-corrected chi connectivity index (χ0v) is 13.9. The number of aromatic nitrogens is 1. The molecule has 1 aromatic carbocycles. The first-order chi connectivity index (χ1) is 10.2. The number of halogens is 2. The number of ether oxygens (including phenoxy) is 2. The van der Waals surface area contributed by atoms with Crippen LogP contribution in [0.2, 0.25) is 5.02 Å². The van der Waals surface area contributed by atoms with Crippen LogP contribution in [-0.4, -0.2) is 25.2 Å². The number of benzene rings is 1. The third-order valence-corrected chi connectivity index (χ3v) is 3.48. The molecule has 0 fully saturated rings. The van der Waals surface area contributed by atoms with E-state index in [1.807, 2.05) is 18.2 Å². The second-order valence-electron chi connectivity index (χ2n) is 4.34. The molecule has 112 valence electrons. The molecule has 0 atom stereocenters. The lowest BCUT2D eigenvalue weighted by atomic mass is 10.2. The minimum atomic E-state index is 0.570. The average molecular weight is 372 g/mol. The maximum Gasteiger partial charge on any atom is 0.150 e. The van der Waals surface area contributed by atoms with Crippen molar-refractivity contribution in [2.45, 2.75) is 6.54 Å². The number of para-hydroxylation sites is 1. The van der Waals surface area contributed by atoms with E-state index in [2.05, 4.69) is 26.2 Å². The molecular formula is C15H16BrClN2O2. The highest BCUT2D eigenvalue weighted by Crippen LogP contribution is 2.33. The first-order valence-electron chi connectivity index (χ1n) is 6.46. The van der Waals surface area contributed by atoms with E-state index in [0.29, 0.717) is 29.7 Å². The third-order valence-electron chi connectivity index (χ3n) is 2.75. The lowest BCUT2D eigenvalue weighted by molar-refractivity contribution is 0.199. The van der Waals surface area contributed by atoms with Crippen LogP contribution in [0.1, 0.15) is 5.56 Å². The Hall–Kier alpha value is -1.14. The van der Waals surface area contributed by atoms with Crippen LogP contribution in [0.25, 0.3) is 0 Å². The van der Waals surface area contributed by atoms with E-state index in [0.717, 1.165) is 16.6 Å². The summed E-state index contributed by atoms with van der Waals surface area (Å²) in [5.74, 6) is 1.28. The fourth-order valence-electron chi connectivity index (χ4n) is 1.77. The standard InChI is InChI=1S/C15H16BrClN2O2/c1-20-6-5-18-8-11-3-2-4-14(17)15(11)21-13-7-12(16)9-19-10-13/h2-4,7,9-10,18H,5-6,8H2,1H3. The predicted molar refractivity (Wildman–Crippen MR) is 87.0 cm³/mol. The molecule has 2 rings (SSSR count). The number of nitrogens with zero attached hydrogens (tertiary/aromatic N) is 1. The minimum absolute atomic E-state index is 0.570. The van der Waals surface area contributed by atoms with Crippen molar-refractivity contribution in [3.63, 3.8) is 0 Å². The van der Waals surface area contributed by atoms with Gasteiger partial charge in [-0.05, 0) is 28.1 Å². The monoisotopic (exact) mass is 370 g/mol. The van der Waals surface area contributed by atoms with Crippen LogP contribution in [0.4, 0.5) is 0 Å². The third kappa shape index (κ3) is 4.97. The Bertz CT molecular complexity index is 596. The zero-order chi connectivity index (χ0) is 15.1. The van der Waals surface area contributed by atoms with Gasteiger partial charge in [-0.2, -0.15) is 0 Å². The Kier molecular flexibility index (Phi) is 6.45. The molecule has 1 N–H and O–H groups in total. The van der Waals surface area contributed by atoms with Crippen molar-refractivity contribution in [3.05, 3.63) is 51.7 Å². The molecule has 0 unspecified atom stereocenters. The van der Waals surface area contributed by atoms with Crippen molar-refractivity contribution in [1.29, 1.82) is 0 Å². The fourth-order valence-corrected chi connectivity index (χ4v) is 2.35. The van der Waals surface area contributed by atoms with Gasteiger partial charge in [-0.1, -0.05) is 23.7 Å². The molecule has 0 saturated heterocycles. The Labute approximate surface area is 137 Å². The molecule has 0 spiro atoms. The Morgan fingerprint density at radius 2 is 2.19 bits per heavy atom. The number of nitrogens with one attached hydrogen (secondary N) is 1. The van der Waals surface area contributed by atoms with Crippen LogP contribution in [0, 0.1) is 0 Å². The lowest BCUT2D eigenvalue weighted by Crippen LogP contribution is -2.18. The van der Waals surface area contributed by atoms with E-state index in [1.54, 1.807) is 25.6 Å². The van der Waals surface area contributed by atoms with Crippen LogP contribution in [0.15, 0.2) is 41.1 Å². The number of hydrogen-bond donors (Lipinski definition) is 1. The first-order valence-corrected chi connectivity index (χ1v) is 7.63. The van der Waals surface area contributed by atoms with Gasteiger partial charge in [-0.15, -0.1) is 0 Å². The van der Waals surface area contributed by atoms with Crippen molar-refractivity contribution in [2.75, 3.05) is 20.3 Å². The van der Waals surface area contributed by atoms with E-state index in [4.69, 9.17) is 21.1 Å². The van der Waals surface area contributed by atoms with Crippen LogP contribution in [-0.2, 0) is 11.3 Å². The summed E-state index contributed by atoms with van der Waals surface area (Å²) in [5.41, 5.74) is 0.985.